The second kappa shape index (κ2) is 5.92. The lowest BCUT2D eigenvalue weighted by Gasteiger charge is -2.34. The number of hydrogen-bond acceptors (Lipinski definition) is 2. The van der Waals surface area contributed by atoms with E-state index in [1.54, 1.807) is 0 Å². The SMILES string of the molecule is CCCSC1CC(C)CCC1NC. The van der Waals surface area contributed by atoms with Crippen molar-refractivity contribution in [2.24, 2.45) is 5.92 Å². The third-order valence-electron chi connectivity index (χ3n) is 2.96. The van der Waals surface area contributed by atoms with E-state index in [0.29, 0.717) is 0 Å². The van der Waals surface area contributed by atoms with Gasteiger partial charge in [-0.3, -0.25) is 0 Å². The third-order valence-corrected chi connectivity index (χ3v) is 4.55. The van der Waals surface area contributed by atoms with Crippen molar-refractivity contribution in [3.63, 3.8) is 0 Å². The zero-order valence-corrected chi connectivity index (χ0v) is 9.99. The number of hydrogen-bond donors (Lipinski definition) is 1. The molecule has 0 aromatic carbocycles. The monoisotopic (exact) mass is 201 g/mol. The van der Waals surface area contributed by atoms with Gasteiger partial charge in [-0.1, -0.05) is 13.8 Å². The predicted octanol–water partition coefficient (Wildman–Crippen LogP) is 2.91. The molecule has 1 aliphatic carbocycles. The Morgan fingerprint density at radius 3 is 2.77 bits per heavy atom. The smallest absolute Gasteiger partial charge is 0.0203 e. The highest BCUT2D eigenvalue weighted by Gasteiger charge is 2.27. The van der Waals surface area contributed by atoms with Crippen LogP contribution in [0.15, 0.2) is 0 Å². The van der Waals surface area contributed by atoms with Crippen LogP contribution in [-0.2, 0) is 0 Å². The maximum atomic E-state index is 3.46. The number of nitrogens with one attached hydrogen (secondary N) is 1. The molecule has 1 fully saturated rings. The first-order chi connectivity index (χ1) is 6.27. The van der Waals surface area contributed by atoms with E-state index in [1.807, 2.05) is 0 Å². The fourth-order valence-corrected chi connectivity index (χ4v) is 3.62. The molecular weight excluding hydrogens is 178 g/mol. The Balaban J connectivity index is 2.35. The van der Waals surface area contributed by atoms with Crippen LogP contribution < -0.4 is 5.32 Å². The summed E-state index contributed by atoms with van der Waals surface area (Å²) in [5.74, 6) is 2.27. The van der Waals surface area contributed by atoms with Gasteiger partial charge in [-0.25, -0.2) is 0 Å². The first-order valence-corrected chi connectivity index (χ1v) is 6.61. The highest BCUT2D eigenvalue weighted by molar-refractivity contribution is 7.99. The lowest BCUT2D eigenvalue weighted by molar-refractivity contribution is 0.329. The molecule has 1 rings (SSSR count). The minimum Gasteiger partial charge on any atom is -0.316 e. The van der Waals surface area contributed by atoms with Crippen molar-refractivity contribution in [2.75, 3.05) is 12.8 Å². The Bertz CT molecular complexity index is 138. The second-order valence-electron chi connectivity index (χ2n) is 4.22. The van der Waals surface area contributed by atoms with E-state index < -0.39 is 0 Å². The highest BCUT2D eigenvalue weighted by atomic mass is 32.2. The fourth-order valence-electron chi connectivity index (χ4n) is 2.11. The first-order valence-electron chi connectivity index (χ1n) is 5.56. The van der Waals surface area contributed by atoms with E-state index in [1.165, 1.54) is 31.4 Å². The van der Waals surface area contributed by atoms with Gasteiger partial charge >= 0.3 is 0 Å². The van der Waals surface area contributed by atoms with E-state index in [2.05, 4.69) is 38.0 Å². The summed E-state index contributed by atoms with van der Waals surface area (Å²) in [7, 11) is 2.11. The summed E-state index contributed by atoms with van der Waals surface area (Å²) in [6, 6.07) is 0.771. The maximum absolute atomic E-state index is 3.46. The lowest BCUT2D eigenvalue weighted by atomic mass is 9.87. The summed E-state index contributed by atoms with van der Waals surface area (Å²) in [6.45, 7) is 4.67. The van der Waals surface area contributed by atoms with Crippen molar-refractivity contribution in [1.82, 2.24) is 5.32 Å². The average Bonchev–Trinajstić information content (AvgIpc) is 2.15. The quantitative estimate of drug-likeness (QED) is 0.750. The molecule has 1 saturated carbocycles. The van der Waals surface area contributed by atoms with Crippen LogP contribution in [0.3, 0.4) is 0 Å². The number of rotatable bonds is 4. The molecule has 13 heavy (non-hydrogen) atoms. The molecule has 0 radical (unpaired) electrons. The molecule has 0 aromatic rings. The molecule has 0 heterocycles. The molecule has 1 N–H and O–H groups in total. The van der Waals surface area contributed by atoms with Crippen LogP contribution in [-0.4, -0.2) is 24.1 Å². The Morgan fingerprint density at radius 2 is 2.15 bits per heavy atom. The van der Waals surface area contributed by atoms with Gasteiger partial charge in [0.1, 0.15) is 0 Å². The van der Waals surface area contributed by atoms with Gasteiger partial charge < -0.3 is 5.32 Å². The first kappa shape index (κ1) is 11.4. The van der Waals surface area contributed by atoms with E-state index in [-0.39, 0.29) is 0 Å². The molecule has 78 valence electrons. The van der Waals surface area contributed by atoms with Gasteiger partial charge in [0, 0.05) is 11.3 Å². The number of thioether (sulfide) groups is 1. The van der Waals surface area contributed by atoms with Crippen LogP contribution in [0.4, 0.5) is 0 Å². The molecule has 0 amide bonds. The van der Waals surface area contributed by atoms with Crippen LogP contribution in [0.1, 0.15) is 39.5 Å². The van der Waals surface area contributed by atoms with Crippen LogP contribution in [0.2, 0.25) is 0 Å². The van der Waals surface area contributed by atoms with E-state index in [4.69, 9.17) is 0 Å². The second-order valence-corrected chi connectivity index (χ2v) is 5.57. The maximum Gasteiger partial charge on any atom is 0.0203 e. The summed E-state index contributed by atoms with van der Waals surface area (Å²) >= 11 is 2.17. The summed E-state index contributed by atoms with van der Waals surface area (Å²) in [5.41, 5.74) is 0. The molecule has 0 aliphatic heterocycles. The van der Waals surface area contributed by atoms with Crippen molar-refractivity contribution in [3.8, 4) is 0 Å². The van der Waals surface area contributed by atoms with Gasteiger partial charge in [0.05, 0.1) is 0 Å². The lowest BCUT2D eigenvalue weighted by Crippen LogP contribution is -2.40. The predicted molar refractivity (Wildman–Crippen MR) is 62.4 cm³/mol. The van der Waals surface area contributed by atoms with Crippen molar-refractivity contribution >= 4 is 11.8 Å². The van der Waals surface area contributed by atoms with Gasteiger partial charge in [0.25, 0.3) is 0 Å². The minimum atomic E-state index is 0.771. The van der Waals surface area contributed by atoms with Crippen LogP contribution in [0.25, 0.3) is 0 Å². The molecule has 0 saturated heterocycles. The largest absolute Gasteiger partial charge is 0.316 e. The van der Waals surface area contributed by atoms with Gasteiger partial charge in [-0.05, 0) is 44.4 Å². The normalized spacial score (nSPS) is 34.8. The molecule has 2 heteroatoms. The van der Waals surface area contributed by atoms with Crippen LogP contribution in [0, 0.1) is 5.92 Å². The molecule has 1 nitrogen and oxygen atoms in total. The molecule has 3 unspecified atom stereocenters. The Morgan fingerprint density at radius 1 is 1.38 bits per heavy atom. The summed E-state index contributed by atoms with van der Waals surface area (Å²) in [6.07, 6.45) is 5.51. The van der Waals surface area contributed by atoms with E-state index in [9.17, 15) is 0 Å². The average molecular weight is 201 g/mol. The topological polar surface area (TPSA) is 12.0 Å². The van der Waals surface area contributed by atoms with Gasteiger partial charge in [0.15, 0.2) is 0 Å². The van der Waals surface area contributed by atoms with Gasteiger partial charge in [-0.2, -0.15) is 11.8 Å². The zero-order chi connectivity index (χ0) is 9.68. The molecule has 1 aliphatic rings. The Hall–Kier alpha value is 0.310. The fraction of sp³-hybridized carbons (Fsp3) is 1.00. The molecule has 0 aromatic heterocycles. The van der Waals surface area contributed by atoms with Crippen molar-refractivity contribution in [1.29, 1.82) is 0 Å². The van der Waals surface area contributed by atoms with Crippen LogP contribution >= 0.6 is 11.8 Å². The van der Waals surface area contributed by atoms with Crippen molar-refractivity contribution in [2.45, 2.75) is 50.8 Å². The molecule has 0 bridgehead atoms. The highest BCUT2D eigenvalue weighted by Crippen LogP contribution is 2.32. The van der Waals surface area contributed by atoms with Crippen LogP contribution in [0.5, 0.6) is 0 Å². The molecule has 3 atom stereocenters. The third kappa shape index (κ3) is 3.51. The minimum absolute atomic E-state index is 0.771. The van der Waals surface area contributed by atoms with Gasteiger partial charge in [-0.15, -0.1) is 0 Å². The molecular formula is C11H23NS. The van der Waals surface area contributed by atoms with E-state index in [0.717, 1.165) is 17.2 Å². The Kier molecular flexibility index (Phi) is 5.18. The van der Waals surface area contributed by atoms with Crippen molar-refractivity contribution in [3.05, 3.63) is 0 Å². The zero-order valence-electron chi connectivity index (χ0n) is 9.18. The van der Waals surface area contributed by atoms with E-state index >= 15 is 0 Å². The standard InChI is InChI=1S/C11H23NS/c1-4-7-13-11-8-9(2)5-6-10(11)12-3/h9-12H,4-8H2,1-3H3. The summed E-state index contributed by atoms with van der Waals surface area (Å²) in [4.78, 5) is 0. The molecule has 0 spiro atoms. The van der Waals surface area contributed by atoms with Gasteiger partial charge in [0.2, 0.25) is 0 Å². The summed E-state index contributed by atoms with van der Waals surface area (Å²) in [5, 5.41) is 4.33. The van der Waals surface area contributed by atoms with Crippen molar-refractivity contribution < 1.29 is 0 Å². The summed E-state index contributed by atoms with van der Waals surface area (Å²) < 4.78 is 0. The Labute approximate surface area is 87.1 Å².